The second-order valence-corrected chi connectivity index (χ2v) is 23.6. The standard InChI is InChI=1S/C71H46N4Si/c1-2-18-55(19-3-1)76(69-27-12-9-24-61(69)62-25-10-13-28-70(62)76)56-39-35-48(36-40-56)47-29-31-49(32-30-47)65-45-66(50-33-37-54(38-34-50)75-67-26-11-8-23-60(67)64-46-72-42-41-68(64)75)74-71(73-65)53-17-14-16-51(43-53)63-44-52-15-4-5-20-57(52)58-21-6-7-22-59(58)63/h1-46H. The molecule has 15 rings (SSSR count). The number of fused-ring (bicyclic) bond motifs is 9. The fourth-order valence-corrected chi connectivity index (χ4v) is 17.5. The molecule has 0 amide bonds. The number of para-hydroxylation sites is 1. The Labute approximate surface area is 441 Å². The Morgan fingerprint density at radius 1 is 0.316 bits per heavy atom. The minimum absolute atomic E-state index is 0.671. The molecule has 0 saturated heterocycles. The Kier molecular flexibility index (Phi) is 10.2. The molecule has 4 heterocycles. The first-order chi connectivity index (χ1) is 37.7. The molecule has 0 radical (unpaired) electrons. The summed E-state index contributed by atoms with van der Waals surface area (Å²) in [5.41, 5.74) is 15.4. The van der Waals surface area contributed by atoms with Crippen LogP contribution in [-0.2, 0) is 0 Å². The Balaban J connectivity index is 0.827. The summed E-state index contributed by atoms with van der Waals surface area (Å²) in [6.45, 7) is 0. The lowest BCUT2D eigenvalue weighted by Gasteiger charge is -2.31. The third kappa shape index (κ3) is 6.94. The molecule has 0 bridgehead atoms. The van der Waals surface area contributed by atoms with Gasteiger partial charge in [0.2, 0.25) is 0 Å². The summed E-state index contributed by atoms with van der Waals surface area (Å²) in [7, 11) is -2.57. The second kappa shape index (κ2) is 17.7. The van der Waals surface area contributed by atoms with Crippen molar-refractivity contribution >= 4 is 72.2 Å². The van der Waals surface area contributed by atoms with Gasteiger partial charge in [0.05, 0.1) is 22.4 Å². The van der Waals surface area contributed by atoms with Gasteiger partial charge in [0.15, 0.2) is 13.9 Å². The minimum atomic E-state index is -2.57. The van der Waals surface area contributed by atoms with Crippen LogP contribution in [0, 0.1) is 0 Å². The van der Waals surface area contributed by atoms with Crippen LogP contribution in [0.5, 0.6) is 0 Å². The molecule has 0 spiro atoms. The van der Waals surface area contributed by atoms with Crippen LogP contribution >= 0.6 is 0 Å². The predicted molar refractivity (Wildman–Crippen MR) is 319 cm³/mol. The SMILES string of the molecule is c1ccc([Si]2(c3ccc(-c4ccc(-c5cc(-c6ccc(-n7c8ccccc8c8cnccc87)cc6)nc(-c6cccc(-c7cc8ccccc8c8ccccc78)c6)n5)cc4)cc3)c3ccccc3-c3ccccc32)cc1. The zero-order valence-electron chi connectivity index (χ0n) is 41.3. The van der Waals surface area contributed by atoms with Crippen molar-refractivity contribution in [2.24, 2.45) is 0 Å². The van der Waals surface area contributed by atoms with E-state index in [2.05, 4.69) is 276 Å². The molecule has 11 aromatic carbocycles. The van der Waals surface area contributed by atoms with Gasteiger partial charge in [-0.15, -0.1) is 0 Å². The van der Waals surface area contributed by atoms with Crippen LogP contribution in [0.4, 0.5) is 0 Å². The molecule has 0 aliphatic carbocycles. The molecule has 5 heteroatoms. The topological polar surface area (TPSA) is 43.6 Å². The van der Waals surface area contributed by atoms with Crippen LogP contribution in [0.15, 0.2) is 279 Å². The van der Waals surface area contributed by atoms with Crippen molar-refractivity contribution in [1.82, 2.24) is 19.5 Å². The highest BCUT2D eigenvalue weighted by molar-refractivity contribution is 7.22. The number of nitrogens with zero attached hydrogens (tertiary/aromatic N) is 4. The highest BCUT2D eigenvalue weighted by Crippen LogP contribution is 2.38. The van der Waals surface area contributed by atoms with E-state index in [1.807, 2.05) is 12.4 Å². The van der Waals surface area contributed by atoms with Gasteiger partial charge in [0.1, 0.15) is 0 Å². The molecule has 0 unspecified atom stereocenters. The Hall–Kier alpha value is -9.81. The number of rotatable bonds is 8. The fourth-order valence-electron chi connectivity index (χ4n) is 12.3. The molecule has 0 saturated carbocycles. The third-order valence-corrected chi connectivity index (χ3v) is 20.7. The average molecular weight is 983 g/mol. The predicted octanol–water partition coefficient (Wildman–Crippen LogP) is 15.0. The van der Waals surface area contributed by atoms with Gasteiger partial charge in [-0.2, -0.15) is 0 Å². The van der Waals surface area contributed by atoms with E-state index in [0.29, 0.717) is 5.82 Å². The molecule has 14 aromatic rings. The molecule has 354 valence electrons. The van der Waals surface area contributed by atoms with Crippen LogP contribution in [0.2, 0.25) is 0 Å². The van der Waals surface area contributed by atoms with Crippen molar-refractivity contribution in [3.05, 3.63) is 279 Å². The number of pyridine rings is 1. The molecule has 4 nitrogen and oxygen atoms in total. The van der Waals surface area contributed by atoms with Gasteiger partial charge in [-0.25, -0.2) is 9.97 Å². The molecule has 1 aliphatic heterocycles. The summed E-state index contributed by atoms with van der Waals surface area (Å²) in [5, 5.41) is 12.9. The quantitative estimate of drug-likeness (QED) is 0.113. The summed E-state index contributed by atoms with van der Waals surface area (Å²) in [6, 6.07) is 97.6. The summed E-state index contributed by atoms with van der Waals surface area (Å²) in [5.74, 6) is 0.671. The normalized spacial score (nSPS) is 12.6. The van der Waals surface area contributed by atoms with Crippen molar-refractivity contribution < 1.29 is 0 Å². The third-order valence-electron chi connectivity index (χ3n) is 15.8. The van der Waals surface area contributed by atoms with Crippen LogP contribution < -0.4 is 20.7 Å². The first kappa shape index (κ1) is 43.7. The van der Waals surface area contributed by atoms with Gasteiger partial charge < -0.3 is 4.57 Å². The zero-order valence-corrected chi connectivity index (χ0v) is 42.3. The van der Waals surface area contributed by atoms with Crippen molar-refractivity contribution in [3.63, 3.8) is 0 Å². The zero-order chi connectivity index (χ0) is 50.2. The van der Waals surface area contributed by atoms with Crippen LogP contribution in [0.25, 0.3) is 116 Å². The average Bonchev–Trinajstić information content (AvgIpc) is 4.15. The number of aromatic nitrogens is 4. The lowest BCUT2D eigenvalue weighted by atomic mass is 9.92. The monoisotopic (exact) mass is 982 g/mol. The van der Waals surface area contributed by atoms with E-state index >= 15 is 0 Å². The fraction of sp³-hybridized carbons (Fsp3) is 0. The molecular weight excluding hydrogens is 937 g/mol. The van der Waals surface area contributed by atoms with Crippen molar-refractivity contribution in [1.29, 1.82) is 0 Å². The van der Waals surface area contributed by atoms with E-state index in [1.54, 1.807) is 0 Å². The summed E-state index contributed by atoms with van der Waals surface area (Å²) >= 11 is 0. The second-order valence-electron chi connectivity index (χ2n) is 19.9. The van der Waals surface area contributed by atoms with Gasteiger partial charge >= 0.3 is 0 Å². The van der Waals surface area contributed by atoms with E-state index in [-0.39, 0.29) is 0 Å². The Bertz CT molecular complexity index is 4460. The lowest BCUT2D eigenvalue weighted by Crippen LogP contribution is -2.72. The van der Waals surface area contributed by atoms with E-state index in [4.69, 9.17) is 9.97 Å². The van der Waals surface area contributed by atoms with Gasteiger partial charge in [0, 0.05) is 45.5 Å². The molecule has 0 N–H and O–H groups in total. The maximum absolute atomic E-state index is 5.39. The number of benzene rings is 11. The van der Waals surface area contributed by atoms with E-state index < -0.39 is 8.07 Å². The van der Waals surface area contributed by atoms with Gasteiger partial charge in [0.25, 0.3) is 0 Å². The number of hydrogen-bond acceptors (Lipinski definition) is 3. The summed E-state index contributed by atoms with van der Waals surface area (Å²) in [4.78, 5) is 15.2. The van der Waals surface area contributed by atoms with E-state index in [1.165, 1.54) is 69.9 Å². The number of hydrogen-bond donors (Lipinski definition) is 0. The van der Waals surface area contributed by atoms with E-state index in [9.17, 15) is 0 Å². The van der Waals surface area contributed by atoms with Crippen molar-refractivity contribution in [3.8, 4) is 73.0 Å². The summed E-state index contributed by atoms with van der Waals surface area (Å²) in [6.07, 6.45) is 3.83. The maximum atomic E-state index is 5.39. The Morgan fingerprint density at radius 2 is 0.855 bits per heavy atom. The van der Waals surface area contributed by atoms with Crippen LogP contribution in [0.3, 0.4) is 0 Å². The van der Waals surface area contributed by atoms with E-state index in [0.717, 1.165) is 61.3 Å². The molecule has 0 atom stereocenters. The smallest absolute Gasteiger partial charge is 0.180 e. The Morgan fingerprint density at radius 3 is 1.58 bits per heavy atom. The first-order valence-electron chi connectivity index (χ1n) is 26.0. The molecule has 0 fully saturated rings. The minimum Gasteiger partial charge on any atom is -0.309 e. The molecule has 3 aromatic heterocycles. The molecular formula is C71H46N4Si. The largest absolute Gasteiger partial charge is 0.309 e. The summed E-state index contributed by atoms with van der Waals surface area (Å²) < 4.78 is 2.32. The maximum Gasteiger partial charge on any atom is 0.180 e. The van der Waals surface area contributed by atoms with Crippen molar-refractivity contribution in [2.45, 2.75) is 0 Å². The highest BCUT2D eigenvalue weighted by atomic mass is 28.3. The molecule has 1 aliphatic rings. The van der Waals surface area contributed by atoms with Crippen LogP contribution in [-0.4, -0.2) is 27.6 Å². The highest BCUT2D eigenvalue weighted by Gasteiger charge is 2.48. The van der Waals surface area contributed by atoms with Crippen LogP contribution in [0.1, 0.15) is 0 Å². The van der Waals surface area contributed by atoms with Gasteiger partial charge in [-0.1, -0.05) is 224 Å². The lowest BCUT2D eigenvalue weighted by molar-refractivity contribution is 1.17. The van der Waals surface area contributed by atoms with Gasteiger partial charge in [-0.05, 0) is 118 Å². The first-order valence-corrected chi connectivity index (χ1v) is 28.0. The van der Waals surface area contributed by atoms with Crippen molar-refractivity contribution in [2.75, 3.05) is 0 Å². The molecule has 76 heavy (non-hydrogen) atoms. The van der Waals surface area contributed by atoms with Gasteiger partial charge in [-0.3, -0.25) is 4.98 Å².